The molecular formula is C20H36N8O9. The number of nitrogens with two attached hydrogens (primary N) is 2. The number of aliphatic carboxylic acids is 2. The Bertz CT molecular complexity index is 833. The second-order valence-electron chi connectivity index (χ2n) is 7.76. The number of guanidine groups is 1. The van der Waals surface area contributed by atoms with Gasteiger partial charge in [0.2, 0.25) is 23.6 Å². The number of hydrogen-bond donors (Lipinski definition) is 10. The molecule has 0 aliphatic rings. The van der Waals surface area contributed by atoms with Crippen LogP contribution in [0.2, 0.25) is 0 Å². The first-order valence-corrected chi connectivity index (χ1v) is 11.4. The summed E-state index contributed by atoms with van der Waals surface area (Å²) in [6, 6.07) is -4.44. The van der Waals surface area contributed by atoms with Crippen LogP contribution in [0.1, 0.15) is 32.6 Å². The number of carboxylic acid groups (broad SMARTS) is 2. The number of carboxylic acids is 2. The smallest absolute Gasteiger partial charge is 0.328 e. The lowest BCUT2D eigenvalue weighted by Gasteiger charge is -2.21. The summed E-state index contributed by atoms with van der Waals surface area (Å²) in [7, 11) is 0. The highest BCUT2D eigenvalue weighted by atomic mass is 16.4. The number of amides is 4. The zero-order valence-electron chi connectivity index (χ0n) is 20.5. The van der Waals surface area contributed by atoms with Gasteiger partial charge in [-0.05, 0) is 25.8 Å². The molecule has 17 heteroatoms. The van der Waals surface area contributed by atoms with Crippen molar-refractivity contribution in [3.8, 4) is 0 Å². The van der Waals surface area contributed by atoms with E-state index in [0.29, 0.717) is 13.0 Å². The molecule has 0 aliphatic carbocycles. The number of rotatable bonds is 19. The number of carbonyl (C=O) groups excluding carboxylic acids is 4. The minimum atomic E-state index is -1.71. The molecule has 3 atom stereocenters. The summed E-state index contributed by atoms with van der Waals surface area (Å²) in [6.45, 7) is 1.01. The second kappa shape index (κ2) is 18.3. The SMILES string of the molecule is CCCNCC(=O)NC(CCCN=C(N)N)C(=O)NCC(=O)NC(CC(=O)O)C(=O)NC(CO)C(=O)O. The van der Waals surface area contributed by atoms with Crippen LogP contribution in [-0.2, 0) is 28.8 Å². The molecule has 0 bridgehead atoms. The standard InChI is InChI=1S/C20H36N8O9/c1-2-5-23-8-14(30)26-11(4-3-6-24-20(21)22)17(34)25-9-15(31)27-12(7-16(32)33)18(35)28-13(10-29)19(36)37/h11-13,23,29H,2-10H2,1H3,(H,25,34)(H,26,30)(H,27,31)(H,28,35)(H,32,33)(H,36,37)(H4,21,22,24). The lowest BCUT2D eigenvalue weighted by molar-refractivity contribution is -0.144. The zero-order valence-corrected chi connectivity index (χ0v) is 20.5. The van der Waals surface area contributed by atoms with Crippen molar-refractivity contribution >= 4 is 41.5 Å². The number of nitrogens with zero attached hydrogens (tertiary/aromatic N) is 1. The second-order valence-corrected chi connectivity index (χ2v) is 7.76. The highest BCUT2D eigenvalue weighted by Gasteiger charge is 2.28. The Morgan fingerprint density at radius 3 is 2.03 bits per heavy atom. The van der Waals surface area contributed by atoms with Crippen LogP contribution in [0.4, 0.5) is 0 Å². The topological polar surface area (TPSA) is 288 Å². The van der Waals surface area contributed by atoms with E-state index in [-0.39, 0.29) is 25.5 Å². The van der Waals surface area contributed by atoms with E-state index < -0.39 is 73.3 Å². The maximum atomic E-state index is 12.6. The zero-order chi connectivity index (χ0) is 28.4. The lowest BCUT2D eigenvalue weighted by Crippen LogP contribution is -2.55. The summed E-state index contributed by atoms with van der Waals surface area (Å²) in [5.41, 5.74) is 10.5. The Labute approximate surface area is 212 Å². The molecule has 0 heterocycles. The lowest BCUT2D eigenvalue weighted by atomic mass is 10.1. The molecule has 4 amide bonds. The van der Waals surface area contributed by atoms with Crippen LogP contribution in [-0.4, -0.2) is 108 Å². The van der Waals surface area contributed by atoms with Gasteiger partial charge in [0, 0.05) is 6.54 Å². The molecule has 12 N–H and O–H groups in total. The fourth-order valence-electron chi connectivity index (χ4n) is 2.77. The molecule has 17 nitrogen and oxygen atoms in total. The van der Waals surface area contributed by atoms with E-state index >= 15 is 0 Å². The summed E-state index contributed by atoms with van der Waals surface area (Å²) in [5.74, 6) is -6.49. The van der Waals surface area contributed by atoms with Crippen molar-refractivity contribution in [1.82, 2.24) is 26.6 Å². The van der Waals surface area contributed by atoms with E-state index in [9.17, 15) is 28.8 Å². The number of nitrogens with one attached hydrogen (secondary N) is 5. The minimum Gasteiger partial charge on any atom is -0.481 e. The van der Waals surface area contributed by atoms with E-state index in [1.54, 1.807) is 0 Å². The van der Waals surface area contributed by atoms with Gasteiger partial charge in [0.1, 0.15) is 18.1 Å². The largest absolute Gasteiger partial charge is 0.481 e. The first kappa shape index (κ1) is 33.0. The third-order valence-corrected chi connectivity index (χ3v) is 4.56. The highest BCUT2D eigenvalue weighted by Crippen LogP contribution is 2.00. The van der Waals surface area contributed by atoms with Crippen LogP contribution in [0.25, 0.3) is 0 Å². The predicted molar refractivity (Wildman–Crippen MR) is 129 cm³/mol. The van der Waals surface area contributed by atoms with Crippen molar-refractivity contribution in [2.45, 2.75) is 50.7 Å². The maximum absolute atomic E-state index is 12.6. The molecule has 0 radical (unpaired) electrons. The van der Waals surface area contributed by atoms with Crippen molar-refractivity contribution < 1.29 is 44.1 Å². The average Bonchev–Trinajstić information content (AvgIpc) is 2.81. The van der Waals surface area contributed by atoms with Crippen LogP contribution >= 0.6 is 0 Å². The van der Waals surface area contributed by atoms with E-state index in [1.165, 1.54) is 0 Å². The van der Waals surface area contributed by atoms with Gasteiger partial charge in [-0.15, -0.1) is 0 Å². The monoisotopic (exact) mass is 532 g/mol. The first-order chi connectivity index (χ1) is 17.4. The summed E-state index contributed by atoms with van der Waals surface area (Å²) >= 11 is 0. The van der Waals surface area contributed by atoms with E-state index in [2.05, 4.69) is 26.3 Å². The molecule has 0 aromatic carbocycles. The van der Waals surface area contributed by atoms with Gasteiger partial charge in [0.05, 0.1) is 26.1 Å². The summed E-state index contributed by atoms with van der Waals surface area (Å²) in [5, 5.41) is 38.6. The molecule has 210 valence electrons. The number of aliphatic imine (C=N–C) groups is 1. The Balaban J connectivity index is 5.12. The molecule has 0 aromatic rings. The summed E-state index contributed by atoms with van der Waals surface area (Å²) in [6.07, 6.45) is 0.354. The Kier molecular flexibility index (Phi) is 16.3. The molecule has 0 rings (SSSR count). The molecular weight excluding hydrogens is 496 g/mol. The molecule has 0 saturated carbocycles. The van der Waals surface area contributed by atoms with Gasteiger partial charge in [0.15, 0.2) is 5.96 Å². The van der Waals surface area contributed by atoms with E-state index in [4.69, 9.17) is 26.8 Å². The minimum absolute atomic E-state index is 0.0385. The fourth-order valence-corrected chi connectivity index (χ4v) is 2.77. The average molecular weight is 533 g/mol. The Morgan fingerprint density at radius 2 is 1.49 bits per heavy atom. The number of aliphatic hydroxyl groups excluding tert-OH is 1. The molecule has 37 heavy (non-hydrogen) atoms. The molecule has 0 spiro atoms. The van der Waals surface area contributed by atoms with Gasteiger partial charge in [-0.1, -0.05) is 6.92 Å². The van der Waals surface area contributed by atoms with Crippen molar-refractivity contribution in [2.24, 2.45) is 16.5 Å². The van der Waals surface area contributed by atoms with Crippen molar-refractivity contribution in [3.05, 3.63) is 0 Å². The number of aliphatic hydroxyl groups is 1. The van der Waals surface area contributed by atoms with Crippen molar-refractivity contribution in [3.63, 3.8) is 0 Å². The quantitative estimate of drug-likeness (QED) is 0.0426. The van der Waals surface area contributed by atoms with Crippen LogP contribution in [0.15, 0.2) is 4.99 Å². The first-order valence-electron chi connectivity index (χ1n) is 11.4. The molecule has 0 aromatic heterocycles. The van der Waals surface area contributed by atoms with Crippen LogP contribution in [0.3, 0.4) is 0 Å². The summed E-state index contributed by atoms with van der Waals surface area (Å²) in [4.78, 5) is 75.1. The van der Waals surface area contributed by atoms with Crippen molar-refractivity contribution in [1.29, 1.82) is 0 Å². The van der Waals surface area contributed by atoms with Gasteiger partial charge in [0.25, 0.3) is 0 Å². The van der Waals surface area contributed by atoms with Gasteiger partial charge in [-0.2, -0.15) is 0 Å². The third kappa shape index (κ3) is 15.6. The third-order valence-electron chi connectivity index (χ3n) is 4.56. The number of hydrogen-bond acceptors (Lipinski definition) is 9. The van der Waals surface area contributed by atoms with Gasteiger partial charge < -0.3 is 53.4 Å². The van der Waals surface area contributed by atoms with Crippen LogP contribution in [0, 0.1) is 0 Å². The normalized spacial score (nSPS) is 12.8. The predicted octanol–water partition coefficient (Wildman–Crippen LogP) is -4.84. The molecule has 0 saturated heterocycles. The number of carbonyl (C=O) groups is 6. The van der Waals surface area contributed by atoms with Gasteiger partial charge >= 0.3 is 11.9 Å². The molecule has 3 unspecified atom stereocenters. The van der Waals surface area contributed by atoms with Crippen LogP contribution in [0.5, 0.6) is 0 Å². The van der Waals surface area contributed by atoms with Gasteiger partial charge in [-0.3, -0.25) is 29.0 Å². The van der Waals surface area contributed by atoms with Crippen LogP contribution < -0.4 is 38.1 Å². The van der Waals surface area contributed by atoms with E-state index in [0.717, 1.165) is 6.42 Å². The highest BCUT2D eigenvalue weighted by molar-refractivity contribution is 5.95. The van der Waals surface area contributed by atoms with E-state index in [1.807, 2.05) is 12.2 Å². The molecule has 0 aliphatic heterocycles. The maximum Gasteiger partial charge on any atom is 0.328 e. The summed E-state index contributed by atoms with van der Waals surface area (Å²) < 4.78 is 0. The Hall–Kier alpha value is -3.99. The Morgan fingerprint density at radius 1 is 0.865 bits per heavy atom. The fraction of sp³-hybridized carbons (Fsp3) is 0.650. The van der Waals surface area contributed by atoms with Crippen molar-refractivity contribution in [2.75, 3.05) is 32.8 Å². The van der Waals surface area contributed by atoms with Gasteiger partial charge in [-0.25, -0.2) is 4.79 Å². The molecule has 0 fully saturated rings.